The molecule has 5 fully saturated rings. The lowest BCUT2D eigenvalue weighted by molar-refractivity contribution is -0.295. The first-order valence-corrected chi connectivity index (χ1v) is 13.2. The van der Waals surface area contributed by atoms with Crippen molar-refractivity contribution in [3.63, 3.8) is 0 Å². The summed E-state index contributed by atoms with van der Waals surface area (Å²) in [6.07, 6.45) is 2.17. The number of ether oxygens (including phenoxy) is 3. The highest BCUT2D eigenvalue weighted by Gasteiger charge is 2.88. The number of aliphatic hydroxyl groups is 2. The number of cyclic esters (lactones) is 1. The maximum Gasteiger partial charge on any atom is 0.339 e. The second kappa shape index (κ2) is 7.14. The number of hydrogen-bond acceptors (Lipinski definition) is 8. The minimum atomic E-state index is -0.922. The van der Waals surface area contributed by atoms with Gasteiger partial charge in [0.25, 0.3) is 0 Å². The highest BCUT2D eigenvalue weighted by molar-refractivity contribution is 5.82. The predicted octanol–water partition coefficient (Wildman–Crippen LogP) is 3.55. The molecule has 1 aromatic rings. The number of fused-ring (bicyclic) bond motifs is 3. The van der Waals surface area contributed by atoms with Crippen LogP contribution in [-0.2, 0) is 23.8 Å². The molecule has 0 amide bonds. The first-order chi connectivity index (χ1) is 16.8. The normalized spacial score (nSPS) is 52.7. The van der Waals surface area contributed by atoms with E-state index in [9.17, 15) is 19.8 Å². The Kier molecular flexibility index (Phi) is 4.85. The second-order valence-electron chi connectivity index (χ2n) is 13.2. The van der Waals surface area contributed by atoms with Crippen molar-refractivity contribution in [3.8, 4) is 0 Å². The van der Waals surface area contributed by atoms with E-state index in [0.29, 0.717) is 19.3 Å². The van der Waals surface area contributed by atoms with Crippen molar-refractivity contribution < 1.29 is 38.4 Å². The largest absolute Gasteiger partial charge is 0.472 e. The van der Waals surface area contributed by atoms with Crippen LogP contribution in [0.4, 0.5) is 0 Å². The zero-order valence-electron chi connectivity index (χ0n) is 21.9. The molecule has 3 heterocycles. The van der Waals surface area contributed by atoms with Crippen LogP contribution in [0.5, 0.6) is 0 Å². The number of hydrogen-bond donors (Lipinski definition) is 2. The van der Waals surface area contributed by atoms with Crippen molar-refractivity contribution in [1.29, 1.82) is 0 Å². The average Bonchev–Trinajstić information content (AvgIpc) is 3.37. The van der Waals surface area contributed by atoms with E-state index in [4.69, 9.17) is 18.6 Å². The van der Waals surface area contributed by atoms with E-state index in [1.807, 2.05) is 6.07 Å². The number of carbonyl (C=O) groups is 2. The zero-order valence-corrected chi connectivity index (χ0v) is 21.9. The highest BCUT2D eigenvalue weighted by atomic mass is 16.7. The SMILES string of the molecule is CC(=O)OC1CC(O)C(C)(C)C2CC(O)C3(C)C(CCC4(C)C(c5ccoc5)OC(=O)C5OC543)C12C. The number of furan rings is 1. The molecule has 1 aromatic heterocycles. The molecule has 8 nitrogen and oxygen atoms in total. The van der Waals surface area contributed by atoms with Crippen LogP contribution in [0.2, 0.25) is 0 Å². The maximum absolute atomic E-state index is 13.2. The molecule has 2 N–H and O–H groups in total. The van der Waals surface area contributed by atoms with Gasteiger partial charge in [-0.1, -0.05) is 34.6 Å². The molecule has 5 aliphatic rings. The molecule has 2 saturated heterocycles. The van der Waals surface area contributed by atoms with Gasteiger partial charge in [0.1, 0.15) is 17.8 Å². The van der Waals surface area contributed by atoms with E-state index in [1.165, 1.54) is 6.92 Å². The summed E-state index contributed by atoms with van der Waals surface area (Å²) < 4.78 is 23.7. The summed E-state index contributed by atoms with van der Waals surface area (Å²) in [5, 5.41) is 23.1. The molecule has 8 heteroatoms. The van der Waals surface area contributed by atoms with Gasteiger partial charge >= 0.3 is 11.9 Å². The Hall–Kier alpha value is -1.90. The van der Waals surface area contributed by atoms with E-state index >= 15 is 0 Å². The molecule has 36 heavy (non-hydrogen) atoms. The predicted molar refractivity (Wildman–Crippen MR) is 126 cm³/mol. The number of epoxide rings is 1. The molecule has 11 unspecified atom stereocenters. The van der Waals surface area contributed by atoms with Crippen molar-refractivity contribution >= 4 is 11.9 Å². The average molecular weight is 503 g/mol. The van der Waals surface area contributed by atoms with E-state index in [-0.39, 0.29) is 17.8 Å². The third-order valence-corrected chi connectivity index (χ3v) is 11.7. The minimum Gasteiger partial charge on any atom is -0.472 e. The first kappa shape index (κ1) is 24.4. The lowest BCUT2D eigenvalue weighted by Gasteiger charge is -2.71. The molecule has 0 aromatic carbocycles. The van der Waals surface area contributed by atoms with Gasteiger partial charge in [0.05, 0.1) is 24.7 Å². The molecule has 6 rings (SSSR count). The number of esters is 2. The van der Waals surface area contributed by atoms with Gasteiger partial charge in [-0.2, -0.15) is 0 Å². The van der Waals surface area contributed by atoms with Gasteiger partial charge in [-0.15, -0.1) is 0 Å². The first-order valence-electron chi connectivity index (χ1n) is 13.2. The van der Waals surface area contributed by atoms with E-state index in [1.54, 1.807) is 12.5 Å². The van der Waals surface area contributed by atoms with Crippen LogP contribution in [-0.4, -0.2) is 52.2 Å². The molecule has 0 radical (unpaired) electrons. The molecule has 3 aliphatic carbocycles. The molecule has 3 saturated carbocycles. The molecule has 2 aliphatic heterocycles. The lowest BCUT2D eigenvalue weighted by atomic mass is 9.34. The third-order valence-electron chi connectivity index (χ3n) is 11.7. The molecule has 0 bridgehead atoms. The van der Waals surface area contributed by atoms with Crippen LogP contribution in [0.25, 0.3) is 0 Å². The fourth-order valence-electron chi connectivity index (χ4n) is 9.83. The lowest BCUT2D eigenvalue weighted by Crippen LogP contribution is -2.75. The summed E-state index contributed by atoms with van der Waals surface area (Å²) in [5.74, 6) is -0.982. The van der Waals surface area contributed by atoms with Gasteiger partial charge in [-0.05, 0) is 42.6 Å². The molecular formula is C28H38O8. The summed E-state index contributed by atoms with van der Waals surface area (Å²) in [4.78, 5) is 25.4. The van der Waals surface area contributed by atoms with E-state index in [0.717, 1.165) is 12.0 Å². The van der Waals surface area contributed by atoms with Crippen molar-refractivity contribution in [2.24, 2.45) is 33.5 Å². The van der Waals surface area contributed by atoms with Crippen LogP contribution in [0.15, 0.2) is 23.0 Å². The zero-order chi connectivity index (χ0) is 26.1. The van der Waals surface area contributed by atoms with Crippen LogP contribution in [0.3, 0.4) is 0 Å². The minimum absolute atomic E-state index is 0.0932. The summed E-state index contributed by atoms with van der Waals surface area (Å²) in [5.41, 5.74) is -2.52. The Balaban J connectivity index is 1.51. The number of rotatable bonds is 2. The van der Waals surface area contributed by atoms with Crippen molar-refractivity contribution in [2.45, 2.75) is 103 Å². The van der Waals surface area contributed by atoms with E-state index in [2.05, 4.69) is 34.6 Å². The summed E-state index contributed by atoms with van der Waals surface area (Å²) in [7, 11) is 0. The summed E-state index contributed by atoms with van der Waals surface area (Å²) >= 11 is 0. The van der Waals surface area contributed by atoms with Crippen LogP contribution in [0.1, 0.15) is 78.9 Å². The molecule has 198 valence electrons. The van der Waals surface area contributed by atoms with Crippen molar-refractivity contribution in [3.05, 3.63) is 24.2 Å². The van der Waals surface area contributed by atoms with Crippen molar-refractivity contribution in [2.75, 3.05) is 0 Å². The van der Waals surface area contributed by atoms with Gasteiger partial charge in [0.2, 0.25) is 0 Å². The van der Waals surface area contributed by atoms with Gasteiger partial charge in [0, 0.05) is 35.2 Å². The Morgan fingerprint density at radius 1 is 1.06 bits per heavy atom. The van der Waals surface area contributed by atoms with Gasteiger partial charge < -0.3 is 28.8 Å². The smallest absolute Gasteiger partial charge is 0.339 e. The highest BCUT2D eigenvalue weighted by Crippen LogP contribution is 2.80. The quantitative estimate of drug-likeness (QED) is 0.466. The third kappa shape index (κ3) is 2.56. The van der Waals surface area contributed by atoms with E-state index < -0.39 is 63.8 Å². The molecule has 11 atom stereocenters. The standard InChI is InChI=1S/C28H38O8/c1-14(29)34-20-12-18(30)24(2,3)17-11-19(31)27(6)16(26(17,20)5)7-9-25(4)21(15-8-10-33-13-15)35-23(32)22-28(25,27)36-22/h8,10,13,16-22,30-31H,7,9,11-12H2,1-6H3. The van der Waals surface area contributed by atoms with Gasteiger partial charge in [-0.25, -0.2) is 4.79 Å². The fraction of sp³-hybridized carbons (Fsp3) is 0.786. The van der Waals surface area contributed by atoms with Gasteiger partial charge in [0.15, 0.2) is 6.10 Å². The topological polar surface area (TPSA) is 119 Å². The Morgan fingerprint density at radius 2 is 1.78 bits per heavy atom. The maximum atomic E-state index is 13.2. The molecule has 1 spiro atoms. The second-order valence-corrected chi connectivity index (χ2v) is 13.2. The summed E-state index contributed by atoms with van der Waals surface area (Å²) in [6, 6.07) is 1.82. The number of carbonyl (C=O) groups excluding carboxylic acids is 2. The Morgan fingerprint density at radius 3 is 2.42 bits per heavy atom. The van der Waals surface area contributed by atoms with Crippen LogP contribution < -0.4 is 0 Å². The fourth-order valence-corrected chi connectivity index (χ4v) is 9.83. The summed E-state index contributed by atoms with van der Waals surface area (Å²) in [6.45, 7) is 11.8. The van der Waals surface area contributed by atoms with Crippen LogP contribution in [0, 0.1) is 33.5 Å². The Labute approximate surface area is 211 Å². The number of aliphatic hydroxyl groups excluding tert-OH is 2. The molecular weight excluding hydrogens is 464 g/mol. The van der Waals surface area contributed by atoms with Crippen molar-refractivity contribution in [1.82, 2.24) is 0 Å². The monoisotopic (exact) mass is 502 g/mol. The van der Waals surface area contributed by atoms with Crippen LogP contribution >= 0.6 is 0 Å². The van der Waals surface area contributed by atoms with Gasteiger partial charge in [-0.3, -0.25) is 4.79 Å². The Bertz CT molecular complexity index is 1100.